The van der Waals surface area contributed by atoms with Crippen LogP contribution in [0.3, 0.4) is 0 Å². The molecule has 4 rings (SSSR count). The SMILES string of the molecule is CS(=O)(=O)N1CCN(C(=O)CSc2ncnc3cc(-c4ccc(F)cc4)sc23)CC1. The minimum Gasteiger partial charge on any atom is -0.339 e. The third-order valence-corrected chi connectivity index (χ3v) is 8.39. The third kappa shape index (κ3) is 4.64. The number of thiophene rings is 1. The average Bonchev–Trinajstić information content (AvgIpc) is 3.17. The highest BCUT2D eigenvalue weighted by Gasteiger charge is 2.26. The van der Waals surface area contributed by atoms with Crippen LogP contribution in [-0.2, 0) is 14.8 Å². The summed E-state index contributed by atoms with van der Waals surface area (Å²) < 4.78 is 38.7. The van der Waals surface area contributed by atoms with Crippen LogP contribution in [0.5, 0.6) is 0 Å². The summed E-state index contributed by atoms with van der Waals surface area (Å²) in [6, 6.07) is 8.22. The van der Waals surface area contributed by atoms with E-state index < -0.39 is 10.0 Å². The fourth-order valence-corrected chi connectivity index (χ4v) is 6.11. The van der Waals surface area contributed by atoms with Crippen molar-refractivity contribution in [2.45, 2.75) is 5.03 Å². The average molecular weight is 467 g/mol. The second-order valence-electron chi connectivity index (χ2n) is 6.84. The van der Waals surface area contributed by atoms with Gasteiger partial charge in [0.25, 0.3) is 0 Å². The zero-order chi connectivity index (χ0) is 21.3. The van der Waals surface area contributed by atoms with E-state index in [1.165, 1.54) is 52.1 Å². The van der Waals surface area contributed by atoms with Gasteiger partial charge in [-0.05, 0) is 23.8 Å². The smallest absolute Gasteiger partial charge is 0.233 e. The molecular formula is C19H19FN4O3S3. The van der Waals surface area contributed by atoms with E-state index in [-0.39, 0.29) is 17.5 Å². The topological polar surface area (TPSA) is 83.5 Å². The Morgan fingerprint density at radius 3 is 2.53 bits per heavy atom. The minimum absolute atomic E-state index is 0.0461. The molecule has 2 aromatic heterocycles. The Balaban J connectivity index is 1.44. The van der Waals surface area contributed by atoms with E-state index in [1.54, 1.807) is 17.0 Å². The Hall–Kier alpha value is -2.08. The number of hydrogen-bond donors (Lipinski definition) is 0. The predicted octanol–water partition coefficient (Wildman–Crippen LogP) is 2.69. The molecule has 0 spiro atoms. The van der Waals surface area contributed by atoms with Crippen LogP contribution in [0.25, 0.3) is 20.7 Å². The van der Waals surface area contributed by atoms with Crippen molar-refractivity contribution in [3.63, 3.8) is 0 Å². The molecular weight excluding hydrogens is 447 g/mol. The highest BCUT2D eigenvalue weighted by molar-refractivity contribution is 8.00. The summed E-state index contributed by atoms with van der Waals surface area (Å²) in [5.41, 5.74) is 1.68. The van der Waals surface area contributed by atoms with Gasteiger partial charge in [0.05, 0.1) is 22.2 Å². The van der Waals surface area contributed by atoms with Gasteiger partial charge in [0.1, 0.15) is 17.2 Å². The zero-order valence-electron chi connectivity index (χ0n) is 16.1. The van der Waals surface area contributed by atoms with Gasteiger partial charge in [-0.1, -0.05) is 23.9 Å². The van der Waals surface area contributed by atoms with Gasteiger partial charge in [-0.15, -0.1) is 11.3 Å². The molecule has 0 saturated carbocycles. The van der Waals surface area contributed by atoms with Crippen molar-refractivity contribution in [2.75, 3.05) is 38.2 Å². The number of rotatable bonds is 5. The van der Waals surface area contributed by atoms with Gasteiger partial charge in [0.2, 0.25) is 15.9 Å². The van der Waals surface area contributed by atoms with Crippen molar-refractivity contribution in [1.29, 1.82) is 0 Å². The lowest BCUT2D eigenvalue weighted by Crippen LogP contribution is -2.50. The highest BCUT2D eigenvalue weighted by Crippen LogP contribution is 2.37. The Bertz CT molecular complexity index is 1170. The van der Waals surface area contributed by atoms with E-state index in [4.69, 9.17) is 0 Å². The van der Waals surface area contributed by atoms with Crippen molar-refractivity contribution in [3.8, 4) is 10.4 Å². The number of amides is 1. The van der Waals surface area contributed by atoms with Gasteiger partial charge in [-0.3, -0.25) is 4.79 Å². The number of benzene rings is 1. The monoisotopic (exact) mass is 466 g/mol. The van der Waals surface area contributed by atoms with Gasteiger partial charge in [-0.2, -0.15) is 4.31 Å². The number of sulfonamides is 1. The summed E-state index contributed by atoms with van der Waals surface area (Å²) in [4.78, 5) is 23.9. The fraction of sp³-hybridized carbons (Fsp3) is 0.316. The van der Waals surface area contributed by atoms with Crippen LogP contribution in [0, 0.1) is 5.82 Å². The number of carbonyl (C=O) groups is 1. The standard InChI is InChI=1S/C19H19FN4O3S3/c1-30(26,27)24-8-6-23(7-9-24)17(25)11-28-19-18-15(21-12-22-19)10-16(29-18)13-2-4-14(20)5-3-13/h2-5,10,12H,6-9,11H2,1H3. The van der Waals surface area contributed by atoms with Crippen LogP contribution < -0.4 is 0 Å². The highest BCUT2D eigenvalue weighted by atomic mass is 32.2. The predicted molar refractivity (Wildman–Crippen MR) is 117 cm³/mol. The van der Waals surface area contributed by atoms with E-state index >= 15 is 0 Å². The van der Waals surface area contributed by atoms with Crippen molar-refractivity contribution >= 4 is 49.2 Å². The number of aromatic nitrogens is 2. The first-order valence-electron chi connectivity index (χ1n) is 9.17. The summed E-state index contributed by atoms with van der Waals surface area (Å²) in [5, 5.41) is 0.724. The van der Waals surface area contributed by atoms with Crippen LogP contribution in [0.4, 0.5) is 4.39 Å². The summed E-state index contributed by atoms with van der Waals surface area (Å²) in [5.74, 6) is -0.114. The molecule has 3 heterocycles. The molecule has 1 saturated heterocycles. The van der Waals surface area contributed by atoms with Gasteiger partial charge in [0.15, 0.2) is 0 Å². The molecule has 0 atom stereocenters. The summed E-state index contributed by atoms with van der Waals surface area (Å²) in [6.45, 7) is 1.41. The van der Waals surface area contributed by atoms with Gasteiger partial charge >= 0.3 is 0 Å². The molecule has 1 amide bonds. The molecule has 1 aliphatic heterocycles. The van der Waals surface area contributed by atoms with Crippen molar-refractivity contribution in [3.05, 3.63) is 42.5 Å². The molecule has 0 aliphatic carbocycles. The maximum atomic E-state index is 13.2. The zero-order valence-corrected chi connectivity index (χ0v) is 18.6. The summed E-state index contributed by atoms with van der Waals surface area (Å²) in [6.07, 6.45) is 2.66. The van der Waals surface area contributed by atoms with Crippen LogP contribution in [0.2, 0.25) is 0 Å². The van der Waals surface area contributed by atoms with E-state index in [9.17, 15) is 17.6 Å². The Kier molecular flexibility index (Phi) is 6.05. The number of hydrogen-bond acceptors (Lipinski definition) is 7. The van der Waals surface area contributed by atoms with Gasteiger partial charge < -0.3 is 4.90 Å². The number of nitrogens with zero attached hydrogens (tertiary/aromatic N) is 4. The Labute approximate surface area is 182 Å². The van der Waals surface area contributed by atoms with Crippen molar-refractivity contribution in [1.82, 2.24) is 19.2 Å². The van der Waals surface area contributed by atoms with E-state index in [2.05, 4.69) is 9.97 Å². The molecule has 0 radical (unpaired) electrons. The Morgan fingerprint density at radius 1 is 1.17 bits per heavy atom. The molecule has 3 aromatic rings. The quantitative estimate of drug-likeness (QED) is 0.425. The van der Waals surface area contributed by atoms with Crippen LogP contribution in [-0.4, -0.2) is 71.7 Å². The molecule has 158 valence electrons. The maximum absolute atomic E-state index is 13.2. The molecule has 1 aromatic carbocycles. The molecule has 1 aliphatic rings. The lowest BCUT2D eigenvalue weighted by atomic mass is 10.2. The molecule has 11 heteroatoms. The van der Waals surface area contributed by atoms with Gasteiger partial charge in [0, 0.05) is 31.1 Å². The largest absolute Gasteiger partial charge is 0.339 e. The van der Waals surface area contributed by atoms with Crippen LogP contribution in [0.1, 0.15) is 0 Å². The van der Waals surface area contributed by atoms with Crippen molar-refractivity contribution < 1.29 is 17.6 Å². The van der Waals surface area contributed by atoms with E-state index in [0.29, 0.717) is 26.2 Å². The molecule has 0 bridgehead atoms. The third-order valence-electron chi connectivity index (χ3n) is 4.80. The number of fused-ring (bicyclic) bond motifs is 1. The number of piperazine rings is 1. The van der Waals surface area contributed by atoms with Crippen LogP contribution in [0.15, 0.2) is 41.7 Å². The first-order chi connectivity index (χ1) is 14.3. The maximum Gasteiger partial charge on any atom is 0.233 e. The van der Waals surface area contributed by atoms with E-state index in [1.807, 2.05) is 6.07 Å². The molecule has 0 N–H and O–H groups in total. The van der Waals surface area contributed by atoms with Crippen LogP contribution >= 0.6 is 23.1 Å². The second-order valence-corrected chi connectivity index (χ2v) is 10.8. The summed E-state index contributed by atoms with van der Waals surface area (Å²) in [7, 11) is -3.22. The number of thioether (sulfide) groups is 1. The molecule has 7 nitrogen and oxygen atoms in total. The van der Waals surface area contributed by atoms with Crippen molar-refractivity contribution in [2.24, 2.45) is 0 Å². The summed E-state index contributed by atoms with van der Waals surface area (Å²) >= 11 is 2.85. The van der Waals surface area contributed by atoms with Gasteiger partial charge in [-0.25, -0.2) is 22.8 Å². The lowest BCUT2D eigenvalue weighted by molar-refractivity contribution is -0.129. The normalized spacial score (nSPS) is 15.6. The molecule has 30 heavy (non-hydrogen) atoms. The minimum atomic E-state index is -3.22. The van der Waals surface area contributed by atoms with E-state index in [0.717, 1.165) is 25.7 Å². The molecule has 1 fully saturated rings. The lowest BCUT2D eigenvalue weighted by Gasteiger charge is -2.33. The fourth-order valence-electron chi connectivity index (χ4n) is 3.18. The Morgan fingerprint density at radius 2 is 1.87 bits per heavy atom. The number of carbonyl (C=O) groups excluding carboxylic acids is 1. The first kappa shape index (κ1) is 21.2. The first-order valence-corrected chi connectivity index (χ1v) is 12.8. The second kappa shape index (κ2) is 8.58. The molecule has 0 unspecified atom stereocenters. The number of halogens is 1.